The Morgan fingerprint density at radius 1 is 1.11 bits per heavy atom. The lowest BCUT2D eigenvalue weighted by Crippen LogP contribution is -2.34. The number of nitrogens with zero attached hydrogens (tertiary/aromatic N) is 2. The summed E-state index contributed by atoms with van der Waals surface area (Å²) >= 11 is 0. The van der Waals surface area contributed by atoms with Crippen LogP contribution in [-0.4, -0.2) is 45.4 Å². The zero-order valence-electron chi connectivity index (χ0n) is 15.2. The molecule has 0 aliphatic carbocycles. The highest BCUT2D eigenvalue weighted by Gasteiger charge is 2.17. The predicted molar refractivity (Wildman–Crippen MR) is 100 cm³/mol. The Bertz CT molecular complexity index is 967. The number of hydrogen-bond acceptors (Lipinski definition) is 6. The van der Waals surface area contributed by atoms with Crippen molar-refractivity contribution in [3.63, 3.8) is 0 Å². The van der Waals surface area contributed by atoms with E-state index < -0.39 is 35.1 Å². The number of carbonyl (C=O) groups is 2. The van der Waals surface area contributed by atoms with Gasteiger partial charge >= 0.3 is 5.97 Å². The molecule has 2 rings (SSSR count). The zero-order chi connectivity index (χ0) is 20.6. The highest BCUT2D eigenvalue weighted by Crippen LogP contribution is 2.09. The van der Waals surface area contributed by atoms with Crippen molar-refractivity contribution in [2.75, 3.05) is 20.2 Å². The van der Waals surface area contributed by atoms with Gasteiger partial charge in [-0.3, -0.25) is 9.59 Å². The lowest BCUT2D eigenvalue weighted by molar-refractivity contribution is -0.150. The monoisotopic (exact) mass is 401 g/mol. The van der Waals surface area contributed by atoms with Gasteiger partial charge in [0.25, 0.3) is 5.91 Å². The molecule has 0 aromatic heterocycles. The second-order valence-electron chi connectivity index (χ2n) is 5.86. The highest BCUT2D eigenvalue weighted by atomic mass is 32.2. The van der Waals surface area contributed by atoms with Gasteiger partial charge in [-0.05, 0) is 29.8 Å². The van der Waals surface area contributed by atoms with Crippen LogP contribution in [0.25, 0.3) is 0 Å². The number of ether oxygens (including phenoxy) is 1. The van der Waals surface area contributed by atoms with Crippen LogP contribution < -0.4 is 4.72 Å². The summed E-state index contributed by atoms with van der Waals surface area (Å²) in [6.45, 7) is -0.735. The molecule has 1 N–H and O–H groups in total. The van der Waals surface area contributed by atoms with E-state index in [1.165, 1.54) is 29.2 Å². The normalized spacial score (nSPS) is 10.7. The van der Waals surface area contributed by atoms with Crippen molar-refractivity contribution >= 4 is 21.9 Å². The number of likely N-dealkylation sites (N-methyl/N-ethyl adjacent to an activating group) is 1. The Kier molecular flexibility index (Phi) is 7.26. The summed E-state index contributed by atoms with van der Waals surface area (Å²) in [5, 5.41) is 8.73. The van der Waals surface area contributed by atoms with E-state index >= 15 is 0 Å². The summed E-state index contributed by atoms with van der Waals surface area (Å²) < 4.78 is 31.1. The van der Waals surface area contributed by atoms with E-state index in [0.29, 0.717) is 12.1 Å². The van der Waals surface area contributed by atoms with Crippen LogP contribution in [0.15, 0.2) is 59.5 Å². The molecule has 1 amide bonds. The molecular weight excluding hydrogens is 382 g/mol. The topological polar surface area (TPSA) is 117 Å². The summed E-state index contributed by atoms with van der Waals surface area (Å²) in [7, 11) is -2.35. The van der Waals surface area contributed by atoms with Crippen LogP contribution in [0, 0.1) is 11.3 Å². The van der Waals surface area contributed by atoms with Crippen LogP contribution in [0.1, 0.15) is 11.1 Å². The smallest absolute Gasteiger partial charge is 0.321 e. The molecular formula is C19H19N3O5S. The van der Waals surface area contributed by atoms with Gasteiger partial charge in [-0.25, -0.2) is 8.42 Å². The molecule has 0 unspecified atom stereocenters. The third-order valence-corrected chi connectivity index (χ3v) is 5.16. The number of nitriles is 1. The summed E-state index contributed by atoms with van der Waals surface area (Å²) in [5.41, 5.74) is 1.25. The van der Waals surface area contributed by atoms with Crippen molar-refractivity contribution in [3.05, 3.63) is 65.7 Å². The minimum absolute atomic E-state index is 0.0852. The van der Waals surface area contributed by atoms with E-state index in [1.807, 2.05) is 36.4 Å². The van der Waals surface area contributed by atoms with Crippen molar-refractivity contribution < 1.29 is 22.7 Å². The van der Waals surface area contributed by atoms with E-state index in [2.05, 4.69) is 4.72 Å². The summed E-state index contributed by atoms with van der Waals surface area (Å²) in [4.78, 5) is 25.1. The van der Waals surface area contributed by atoms with Crippen molar-refractivity contribution in [2.24, 2.45) is 0 Å². The van der Waals surface area contributed by atoms with E-state index in [4.69, 9.17) is 10.00 Å². The quantitative estimate of drug-likeness (QED) is 0.661. The first-order valence-electron chi connectivity index (χ1n) is 8.25. The maximum atomic E-state index is 12.1. The van der Waals surface area contributed by atoms with Gasteiger partial charge in [0.1, 0.15) is 6.54 Å². The Balaban J connectivity index is 1.80. The standard InChI is InChI=1S/C19H19N3O5S/c1-22(13-16-5-3-2-4-6-16)18(23)14-27-19(24)12-21-28(25,26)17-9-7-15(11-20)8-10-17/h2-10,21H,12-14H2,1H3. The largest absolute Gasteiger partial charge is 0.455 e. The number of amides is 1. The van der Waals surface area contributed by atoms with Crippen LogP contribution in [0.4, 0.5) is 0 Å². The van der Waals surface area contributed by atoms with Gasteiger partial charge in [-0.1, -0.05) is 30.3 Å². The molecule has 0 aliphatic rings. The molecule has 2 aromatic rings. The molecule has 0 saturated heterocycles. The van der Waals surface area contributed by atoms with E-state index in [-0.39, 0.29) is 4.90 Å². The Hall–Kier alpha value is -3.22. The molecule has 2 aromatic carbocycles. The fraction of sp³-hybridized carbons (Fsp3) is 0.211. The molecule has 0 heterocycles. The maximum Gasteiger partial charge on any atom is 0.321 e. The second-order valence-corrected chi connectivity index (χ2v) is 7.62. The zero-order valence-corrected chi connectivity index (χ0v) is 16.0. The van der Waals surface area contributed by atoms with Crippen LogP contribution >= 0.6 is 0 Å². The van der Waals surface area contributed by atoms with Gasteiger partial charge in [0.15, 0.2) is 6.61 Å². The first-order chi connectivity index (χ1) is 13.3. The van der Waals surface area contributed by atoms with Gasteiger partial charge in [0.05, 0.1) is 16.5 Å². The fourth-order valence-electron chi connectivity index (χ4n) is 2.19. The fourth-order valence-corrected chi connectivity index (χ4v) is 3.16. The predicted octanol–water partition coefficient (Wildman–Crippen LogP) is 1.04. The third kappa shape index (κ3) is 6.19. The van der Waals surface area contributed by atoms with Crippen molar-refractivity contribution in [1.29, 1.82) is 5.26 Å². The van der Waals surface area contributed by atoms with Crippen LogP contribution in [-0.2, 0) is 30.9 Å². The Labute approximate surface area is 163 Å². The number of carbonyl (C=O) groups excluding carboxylic acids is 2. The molecule has 9 heteroatoms. The number of sulfonamides is 1. The van der Waals surface area contributed by atoms with E-state index in [0.717, 1.165) is 5.56 Å². The molecule has 0 radical (unpaired) electrons. The molecule has 0 saturated carbocycles. The van der Waals surface area contributed by atoms with Gasteiger partial charge in [-0.15, -0.1) is 0 Å². The van der Waals surface area contributed by atoms with Gasteiger partial charge in [0.2, 0.25) is 10.0 Å². The van der Waals surface area contributed by atoms with Crippen LogP contribution in [0.3, 0.4) is 0 Å². The molecule has 0 fully saturated rings. The van der Waals surface area contributed by atoms with Crippen LogP contribution in [0.5, 0.6) is 0 Å². The van der Waals surface area contributed by atoms with E-state index in [1.54, 1.807) is 7.05 Å². The first-order valence-corrected chi connectivity index (χ1v) is 9.73. The number of benzene rings is 2. The van der Waals surface area contributed by atoms with Crippen molar-refractivity contribution in [1.82, 2.24) is 9.62 Å². The van der Waals surface area contributed by atoms with Crippen molar-refractivity contribution in [3.8, 4) is 6.07 Å². The number of esters is 1. The maximum absolute atomic E-state index is 12.1. The lowest BCUT2D eigenvalue weighted by Gasteiger charge is -2.17. The summed E-state index contributed by atoms with van der Waals surface area (Å²) in [6, 6.07) is 16.4. The molecule has 8 nitrogen and oxygen atoms in total. The molecule has 0 atom stereocenters. The Morgan fingerprint density at radius 3 is 2.36 bits per heavy atom. The second kappa shape index (κ2) is 9.64. The van der Waals surface area contributed by atoms with E-state index in [9.17, 15) is 18.0 Å². The summed E-state index contributed by atoms with van der Waals surface area (Å²) in [5.74, 6) is -1.29. The van der Waals surface area contributed by atoms with Crippen molar-refractivity contribution in [2.45, 2.75) is 11.4 Å². The molecule has 0 bridgehead atoms. The average molecular weight is 401 g/mol. The first kappa shape index (κ1) is 21.1. The highest BCUT2D eigenvalue weighted by molar-refractivity contribution is 7.89. The van der Waals surface area contributed by atoms with Gasteiger partial charge < -0.3 is 9.64 Å². The SMILES string of the molecule is CN(Cc1ccccc1)C(=O)COC(=O)CNS(=O)(=O)c1ccc(C#N)cc1. The Morgan fingerprint density at radius 2 is 1.75 bits per heavy atom. The average Bonchev–Trinajstić information content (AvgIpc) is 2.71. The molecule has 0 spiro atoms. The molecule has 28 heavy (non-hydrogen) atoms. The minimum Gasteiger partial charge on any atom is -0.455 e. The number of rotatable bonds is 8. The molecule has 0 aliphatic heterocycles. The lowest BCUT2D eigenvalue weighted by atomic mass is 10.2. The summed E-state index contributed by atoms with van der Waals surface area (Å²) in [6.07, 6.45) is 0. The third-order valence-electron chi connectivity index (χ3n) is 3.75. The van der Waals surface area contributed by atoms with Crippen LogP contribution in [0.2, 0.25) is 0 Å². The molecule has 146 valence electrons. The minimum atomic E-state index is -3.93. The number of nitrogens with one attached hydrogen (secondary N) is 1. The number of hydrogen-bond donors (Lipinski definition) is 1. The van der Waals surface area contributed by atoms with Gasteiger partial charge in [-0.2, -0.15) is 9.98 Å². The van der Waals surface area contributed by atoms with Gasteiger partial charge in [0, 0.05) is 13.6 Å².